The molecule has 5 rings (SSSR count). The summed E-state index contributed by atoms with van der Waals surface area (Å²) in [4.78, 5) is 17.4. The Kier molecular flexibility index (Phi) is 4.29. The van der Waals surface area contributed by atoms with Crippen LogP contribution in [0.15, 0.2) is 29.1 Å². The Hall–Kier alpha value is -1.85. The maximum absolute atomic E-state index is 12.1. The van der Waals surface area contributed by atoms with Gasteiger partial charge in [0.05, 0.1) is 13.2 Å². The zero-order valence-electron chi connectivity index (χ0n) is 14.9. The van der Waals surface area contributed by atoms with E-state index in [0.29, 0.717) is 11.5 Å². The highest BCUT2D eigenvalue weighted by Gasteiger charge is 2.42. The summed E-state index contributed by atoms with van der Waals surface area (Å²) >= 11 is 0. The van der Waals surface area contributed by atoms with Crippen LogP contribution in [0.4, 0.5) is 0 Å². The highest BCUT2D eigenvalue weighted by Crippen LogP contribution is 2.42. The van der Waals surface area contributed by atoms with Crippen molar-refractivity contribution in [1.82, 2.24) is 9.88 Å². The summed E-state index contributed by atoms with van der Waals surface area (Å²) in [6.45, 7) is 4.37. The third kappa shape index (κ3) is 2.85. The number of H-pyrrole nitrogens is 1. The summed E-state index contributed by atoms with van der Waals surface area (Å²) in [5.74, 6) is 2.16. The Balaban J connectivity index is 1.73. The molecule has 5 atom stereocenters. The van der Waals surface area contributed by atoms with Crippen LogP contribution in [-0.4, -0.2) is 41.2 Å². The number of aliphatic hydroxyl groups is 1. The average Bonchev–Trinajstić information content (AvgIpc) is 2.66. The van der Waals surface area contributed by atoms with Crippen molar-refractivity contribution in [2.24, 2.45) is 11.8 Å². The molecule has 3 saturated heterocycles. The van der Waals surface area contributed by atoms with Gasteiger partial charge in [0.25, 0.3) is 0 Å². The van der Waals surface area contributed by atoms with Gasteiger partial charge < -0.3 is 14.8 Å². The zero-order chi connectivity index (χ0) is 17.6. The molecule has 5 heteroatoms. The molecule has 2 N–H and O–H groups in total. The van der Waals surface area contributed by atoms with E-state index in [0.717, 1.165) is 42.1 Å². The number of pyridine rings is 1. The number of nitrogens with one attached hydrogen (secondary N) is 1. The molecule has 0 saturated carbocycles. The molecule has 2 bridgehead atoms. The minimum absolute atomic E-state index is 0.0951. The number of rotatable bonds is 4. The normalized spacial score (nSPS) is 29.7. The van der Waals surface area contributed by atoms with Gasteiger partial charge >= 0.3 is 0 Å². The Morgan fingerprint density at radius 1 is 1.40 bits per heavy atom. The van der Waals surface area contributed by atoms with Gasteiger partial charge in [-0.05, 0) is 55.0 Å². The third-order valence-corrected chi connectivity index (χ3v) is 6.23. The summed E-state index contributed by atoms with van der Waals surface area (Å²) in [6, 6.07) is 7.21. The van der Waals surface area contributed by atoms with E-state index in [1.165, 1.54) is 12.8 Å². The molecule has 0 amide bonds. The molecule has 3 aliphatic rings. The fourth-order valence-electron chi connectivity index (χ4n) is 4.81. The van der Waals surface area contributed by atoms with Crippen molar-refractivity contribution in [2.75, 3.05) is 20.2 Å². The summed E-state index contributed by atoms with van der Waals surface area (Å²) in [7, 11) is 1.62. The molecule has 1 unspecified atom stereocenters. The average molecular weight is 342 g/mol. The summed E-state index contributed by atoms with van der Waals surface area (Å²) < 4.78 is 5.33. The second-order valence-corrected chi connectivity index (χ2v) is 7.46. The maximum atomic E-state index is 12.1. The van der Waals surface area contributed by atoms with Gasteiger partial charge in [0.1, 0.15) is 5.75 Å². The van der Waals surface area contributed by atoms with Crippen LogP contribution in [0.2, 0.25) is 0 Å². The summed E-state index contributed by atoms with van der Waals surface area (Å²) in [5, 5.41) is 12.0. The van der Waals surface area contributed by atoms with E-state index >= 15 is 0 Å². The second kappa shape index (κ2) is 6.46. The number of piperidine rings is 3. The van der Waals surface area contributed by atoms with Gasteiger partial charge in [0.2, 0.25) is 5.56 Å². The van der Waals surface area contributed by atoms with E-state index in [1.54, 1.807) is 13.2 Å². The quantitative estimate of drug-likeness (QED) is 0.897. The maximum Gasteiger partial charge on any atom is 0.248 e. The molecule has 3 fully saturated rings. The van der Waals surface area contributed by atoms with Crippen LogP contribution >= 0.6 is 0 Å². The zero-order valence-corrected chi connectivity index (χ0v) is 14.9. The molecule has 0 radical (unpaired) electrons. The third-order valence-electron chi connectivity index (χ3n) is 6.23. The van der Waals surface area contributed by atoms with Crippen LogP contribution in [0.5, 0.6) is 5.75 Å². The number of methoxy groups -OCH3 is 1. The van der Waals surface area contributed by atoms with Gasteiger partial charge in [-0.3, -0.25) is 9.69 Å². The molecule has 0 aliphatic carbocycles. The number of hydrogen-bond donors (Lipinski definition) is 2. The Labute approximate surface area is 147 Å². The van der Waals surface area contributed by atoms with Crippen molar-refractivity contribution < 1.29 is 9.84 Å². The predicted molar refractivity (Wildman–Crippen MR) is 97.9 cm³/mol. The Bertz CT molecular complexity index is 831. The van der Waals surface area contributed by atoms with Gasteiger partial charge in [0, 0.05) is 29.6 Å². The number of ether oxygens (including phenoxy) is 1. The predicted octanol–water partition coefficient (Wildman–Crippen LogP) is 2.69. The van der Waals surface area contributed by atoms with Gasteiger partial charge in [-0.15, -0.1) is 0 Å². The smallest absolute Gasteiger partial charge is 0.248 e. The molecular formula is C20H26N2O3. The first-order valence-electron chi connectivity index (χ1n) is 9.23. The molecule has 0 spiro atoms. The van der Waals surface area contributed by atoms with Gasteiger partial charge in [-0.1, -0.05) is 13.3 Å². The van der Waals surface area contributed by atoms with Gasteiger partial charge in [-0.2, -0.15) is 0 Å². The lowest BCUT2D eigenvalue weighted by molar-refractivity contribution is -0.0562. The van der Waals surface area contributed by atoms with Crippen LogP contribution in [0.3, 0.4) is 0 Å². The van der Waals surface area contributed by atoms with E-state index in [4.69, 9.17) is 4.74 Å². The van der Waals surface area contributed by atoms with Gasteiger partial charge in [0.15, 0.2) is 0 Å². The van der Waals surface area contributed by atoms with Crippen LogP contribution in [0, 0.1) is 11.8 Å². The number of aromatic amines is 1. The fourth-order valence-corrected chi connectivity index (χ4v) is 4.81. The Morgan fingerprint density at radius 3 is 2.92 bits per heavy atom. The summed E-state index contributed by atoms with van der Waals surface area (Å²) in [5.41, 5.74) is 1.28. The topological polar surface area (TPSA) is 65.6 Å². The molecule has 134 valence electrons. The first-order chi connectivity index (χ1) is 12.1. The monoisotopic (exact) mass is 342 g/mol. The van der Waals surface area contributed by atoms with E-state index in [9.17, 15) is 9.90 Å². The molecular weight excluding hydrogens is 316 g/mol. The Morgan fingerprint density at radius 2 is 2.24 bits per heavy atom. The highest BCUT2D eigenvalue weighted by atomic mass is 16.5. The highest BCUT2D eigenvalue weighted by molar-refractivity contribution is 5.83. The van der Waals surface area contributed by atoms with Crippen molar-refractivity contribution in [3.8, 4) is 5.75 Å². The van der Waals surface area contributed by atoms with E-state index < -0.39 is 6.10 Å². The van der Waals surface area contributed by atoms with Crippen molar-refractivity contribution >= 4 is 10.9 Å². The molecule has 1 aromatic heterocycles. The van der Waals surface area contributed by atoms with Crippen molar-refractivity contribution in [3.05, 3.63) is 40.2 Å². The fraction of sp³-hybridized carbons (Fsp3) is 0.550. The van der Waals surface area contributed by atoms with E-state index in [-0.39, 0.29) is 11.6 Å². The van der Waals surface area contributed by atoms with E-state index in [2.05, 4.69) is 16.8 Å². The second-order valence-electron chi connectivity index (χ2n) is 7.46. The van der Waals surface area contributed by atoms with Crippen LogP contribution in [0.1, 0.15) is 37.9 Å². The largest absolute Gasteiger partial charge is 0.497 e. The first kappa shape index (κ1) is 16.6. The molecule has 3 aliphatic heterocycles. The van der Waals surface area contributed by atoms with E-state index in [1.807, 2.05) is 18.2 Å². The number of aliphatic hydroxyl groups excluding tert-OH is 1. The number of nitrogens with zero attached hydrogens (tertiary/aromatic N) is 1. The molecule has 1 aromatic carbocycles. The SMILES string of the molecule is CC[C@H]1CN2CC[C@H]1C[C@H]2[C@H](O)c1cc(=O)[nH]c2ccc(OC)cc12. The minimum Gasteiger partial charge on any atom is -0.497 e. The number of hydrogen-bond acceptors (Lipinski definition) is 4. The van der Waals surface area contributed by atoms with Crippen molar-refractivity contribution in [2.45, 2.75) is 38.3 Å². The lowest BCUT2D eigenvalue weighted by atomic mass is 9.72. The van der Waals surface area contributed by atoms with Crippen LogP contribution in [-0.2, 0) is 0 Å². The molecule has 25 heavy (non-hydrogen) atoms. The standard InChI is InChI=1S/C20H26N2O3/c1-3-12-11-22-7-6-13(12)8-18(22)20(24)16-10-19(23)21-17-5-4-14(25-2)9-15(16)17/h4-5,9-10,12-13,18,20,24H,3,6-8,11H2,1-2H3,(H,21,23)/t12-,13-,18-,20+/m0/s1. The van der Waals surface area contributed by atoms with Crippen LogP contribution in [0.25, 0.3) is 10.9 Å². The van der Waals surface area contributed by atoms with Gasteiger partial charge in [-0.25, -0.2) is 0 Å². The van der Waals surface area contributed by atoms with Crippen LogP contribution < -0.4 is 10.3 Å². The van der Waals surface area contributed by atoms with Crippen molar-refractivity contribution in [1.29, 1.82) is 0 Å². The lowest BCUT2D eigenvalue weighted by Crippen LogP contribution is -2.55. The summed E-state index contributed by atoms with van der Waals surface area (Å²) in [6.07, 6.45) is 2.79. The molecule has 4 heterocycles. The first-order valence-corrected chi connectivity index (χ1v) is 9.23. The number of benzene rings is 1. The molecule has 5 nitrogen and oxygen atoms in total. The molecule has 2 aromatic rings. The van der Waals surface area contributed by atoms with Crippen molar-refractivity contribution in [3.63, 3.8) is 0 Å². The minimum atomic E-state index is -0.655. The lowest BCUT2D eigenvalue weighted by Gasteiger charge is -2.51. The number of aromatic nitrogens is 1. The number of fused-ring (bicyclic) bond motifs is 4.